The third-order valence-electron chi connectivity index (χ3n) is 10.0. The van der Waals surface area contributed by atoms with Gasteiger partial charge in [0, 0.05) is 0 Å². The van der Waals surface area contributed by atoms with Crippen molar-refractivity contribution in [2.24, 2.45) is 32.5 Å². The van der Waals surface area contributed by atoms with Crippen LogP contribution in [0.3, 0.4) is 0 Å². The average molecular weight is 597 g/mol. The van der Waals surface area contributed by atoms with Gasteiger partial charge in [-0.1, -0.05) is 106 Å². The largest absolute Gasteiger partial charge is 4.00 e. The van der Waals surface area contributed by atoms with Crippen LogP contribution >= 0.6 is 0 Å². The van der Waals surface area contributed by atoms with Crippen molar-refractivity contribution < 1.29 is 51.0 Å². The van der Waals surface area contributed by atoms with E-state index in [0.29, 0.717) is 21.7 Å². The van der Waals surface area contributed by atoms with E-state index in [9.17, 15) is 0 Å². The molecule has 2 unspecified atom stereocenters. The van der Waals surface area contributed by atoms with E-state index < -0.39 is 0 Å². The maximum Gasteiger partial charge on any atom is 4.00 e. The molecule has 0 N–H and O–H groups in total. The molecule has 3 heteroatoms. The Bertz CT molecular complexity index is 751. The smallest absolute Gasteiger partial charge is 1.00 e. The average Bonchev–Trinajstić information content (AvgIpc) is 3.42. The maximum atomic E-state index is 3.73. The quantitative estimate of drug-likeness (QED) is 0.425. The molecule has 2 atom stereocenters. The second-order valence-corrected chi connectivity index (χ2v) is 13.8. The van der Waals surface area contributed by atoms with Crippen molar-refractivity contribution in [3.05, 3.63) is 47.6 Å². The molecule has 0 aromatic heterocycles. The van der Waals surface area contributed by atoms with Gasteiger partial charge in [-0.2, -0.15) is 12.2 Å². The molecule has 2 saturated carbocycles. The zero-order valence-electron chi connectivity index (χ0n) is 24.2. The number of rotatable bonds is 2. The van der Waals surface area contributed by atoms with Gasteiger partial charge in [-0.15, -0.1) is 0 Å². The van der Waals surface area contributed by atoms with Crippen molar-refractivity contribution in [1.82, 2.24) is 0 Å². The van der Waals surface area contributed by atoms with Crippen LogP contribution in [0.25, 0.3) is 0 Å². The minimum absolute atomic E-state index is 0. The fraction of sp³-hybridized carbons (Fsp3) is 0.750. The van der Waals surface area contributed by atoms with Gasteiger partial charge in [-0.05, 0) is 47.3 Å². The van der Waals surface area contributed by atoms with Crippen molar-refractivity contribution in [2.75, 3.05) is 0 Å². The third kappa shape index (κ3) is 6.20. The van der Waals surface area contributed by atoms with E-state index in [1.54, 1.807) is 0 Å². The van der Waals surface area contributed by atoms with Crippen LogP contribution in [0.5, 0.6) is 0 Å². The second kappa shape index (κ2) is 12.1. The summed E-state index contributed by atoms with van der Waals surface area (Å²) in [4.78, 5) is 0. The Hall–Kier alpha value is 0.423. The monoisotopic (exact) mass is 594 g/mol. The third-order valence-corrected chi connectivity index (χ3v) is 10.0. The van der Waals surface area contributed by atoms with Crippen LogP contribution in [-0.2, 0) is 26.2 Å². The molecule has 0 bridgehead atoms. The summed E-state index contributed by atoms with van der Waals surface area (Å²) in [6.45, 7) is 23.6. The van der Waals surface area contributed by atoms with Crippen LogP contribution in [0.2, 0.25) is 0 Å². The van der Waals surface area contributed by atoms with E-state index >= 15 is 0 Å². The van der Waals surface area contributed by atoms with Gasteiger partial charge in [0.1, 0.15) is 0 Å². The molecule has 0 heterocycles. The van der Waals surface area contributed by atoms with Crippen molar-refractivity contribution in [3.8, 4) is 0 Å². The van der Waals surface area contributed by atoms with E-state index in [4.69, 9.17) is 0 Å². The first-order chi connectivity index (χ1) is 14.6. The van der Waals surface area contributed by atoms with Crippen molar-refractivity contribution in [2.45, 2.75) is 121 Å². The van der Waals surface area contributed by atoms with Crippen molar-refractivity contribution >= 4 is 0 Å². The molecule has 0 spiro atoms. The van der Waals surface area contributed by atoms with Gasteiger partial charge < -0.3 is 24.8 Å². The Morgan fingerprint density at radius 1 is 0.600 bits per heavy atom. The summed E-state index contributed by atoms with van der Waals surface area (Å²) in [5, 5.41) is 0. The zero-order valence-corrected chi connectivity index (χ0v) is 28.2. The van der Waals surface area contributed by atoms with Crippen LogP contribution in [0, 0.1) is 44.6 Å². The van der Waals surface area contributed by atoms with Crippen LogP contribution in [0.4, 0.5) is 0 Å². The van der Waals surface area contributed by atoms with E-state index in [0.717, 1.165) is 0 Å². The van der Waals surface area contributed by atoms with Gasteiger partial charge in [0.15, 0.2) is 0 Å². The fourth-order valence-corrected chi connectivity index (χ4v) is 8.18. The molecular formula is C32H50Cl2Zr. The van der Waals surface area contributed by atoms with Crippen molar-refractivity contribution in [1.29, 1.82) is 0 Å². The molecule has 0 amide bonds. The Morgan fingerprint density at radius 2 is 0.857 bits per heavy atom. The second-order valence-electron chi connectivity index (χ2n) is 13.8. The minimum Gasteiger partial charge on any atom is -1.00 e. The van der Waals surface area contributed by atoms with Gasteiger partial charge >= 0.3 is 26.2 Å². The predicted octanol–water partition coefficient (Wildman–Crippen LogP) is 3.84. The Kier molecular flexibility index (Phi) is 12.2. The molecule has 0 radical (unpaired) electrons. The van der Waals surface area contributed by atoms with Gasteiger partial charge in [-0.25, -0.2) is 23.3 Å². The minimum atomic E-state index is 0. The molecule has 4 aliphatic carbocycles. The summed E-state index contributed by atoms with van der Waals surface area (Å²) in [6, 6.07) is 0. The van der Waals surface area contributed by atoms with Crippen LogP contribution < -0.4 is 24.8 Å². The molecule has 0 aromatic carbocycles. The Morgan fingerprint density at radius 3 is 1.03 bits per heavy atom. The van der Waals surface area contributed by atoms with Crippen LogP contribution in [-0.4, -0.2) is 0 Å². The first-order valence-corrected chi connectivity index (χ1v) is 13.2. The normalized spacial score (nSPS) is 30.3. The molecule has 2 fully saturated rings. The topological polar surface area (TPSA) is 0 Å². The first-order valence-electron chi connectivity index (χ1n) is 13.2. The molecule has 0 saturated heterocycles. The van der Waals surface area contributed by atoms with E-state index in [2.05, 4.69) is 106 Å². The number of hydrogen-bond acceptors (Lipinski definition) is 0. The molecule has 35 heavy (non-hydrogen) atoms. The first kappa shape index (κ1) is 35.4. The molecule has 196 valence electrons. The SMILES string of the molecule is CC1=[C-]C(C)(C2(C(C)(C)C)CCCC2)C=C1.CC1=[C-]C(C)(C2(C(C)(C)C)CCCC2)C=C1.[Cl-].[Cl-].[Zr+4]. The molecule has 0 aromatic rings. The van der Waals surface area contributed by atoms with Crippen LogP contribution in [0.1, 0.15) is 121 Å². The summed E-state index contributed by atoms with van der Waals surface area (Å²) in [6.07, 6.45) is 27.8. The van der Waals surface area contributed by atoms with Crippen molar-refractivity contribution in [3.63, 3.8) is 0 Å². The summed E-state index contributed by atoms with van der Waals surface area (Å²) in [7, 11) is 0. The van der Waals surface area contributed by atoms with E-state index in [-0.39, 0.29) is 61.8 Å². The van der Waals surface area contributed by atoms with Crippen LogP contribution in [0.15, 0.2) is 35.5 Å². The Balaban J connectivity index is 0.000000608. The fourth-order valence-electron chi connectivity index (χ4n) is 8.18. The molecule has 4 aliphatic rings. The molecule has 4 rings (SSSR count). The van der Waals surface area contributed by atoms with Gasteiger partial charge in [-0.3, -0.25) is 12.2 Å². The zero-order chi connectivity index (χ0) is 24.1. The Labute approximate surface area is 250 Å². The van der Waals surface area contributed by atoms with E-state index in [1.165, 1.54) is 62.5 Å². The van der Waals surface area contributed by atoms with E-state index in [1.807, 2.05) is 0 Å². The summed E-state index contributed by atoms with van der Waals surface area (Å²) >= 11 is 0. The molecule has 0 aliphatic heterocycles. The van der Waals surface area contributed by atoms with Gasteiger partial charge in [0.05, 0.1) is 0 Å². The molecular weight excluding hydrogens is 546 g/mol. The summed E-state index contributed by atoms with van der Waals surface area (Å²) in [5.74, 6) is 0. The summed E-state index contributed by atoms with van der Waals surface area (Å²) < 4.78 is 0. The van der Waals surface area contributed by atoms with Gasteiger partial charge in [0.2, 0.25) is 0 Å². The number of hydrogen-bond donors (Lipinski definition) is 0. The number of allylic oxidation sites excluding steroid dienone is 8. The summed E-state index contributed by atoms with van der Waals surface area (Å²) in [5.41, 5.74) is 4.50. The standard InChI is InChI=1S/2C16H25.2ClH.Zr/c2*1-13-8-11-15(5,12-13)16(14(2,3)4)9-6-7-10-16;;;/h2*8,11H,6-7,9-10H2,1-5H3;2*1H;/q2*-1;;;+4/p-2. The van der Waals surface area contributed by atoms with Gasteiger partial charge in [0.25, 0.3) is 0 Å². The number of halogens is 2. The molecule has 0 nitrogen and oxygen atoms in total. The predicted molar refractivity (Wildman–Crippen MR) is 140 cm³/mol. The maximum absolute atomic E-state index is 3.73.